The van der Waals surface area contributed by atoms with E-state index in [4.69, 9.17) is 9.47 Å². The maximum absolute atomic E-state index is 12.8. The summed E-state index contributed by atoms with van der Waals surface area (Å²) in [5.41, 5.74) is 3.61. The zero-order valence-corrected chi connectivity index (χ0v) is 17.8. The second-order valence-corrected chi connectivity index (χ2v) is 7.14. The van der Waals surface area contributed by atoms with Gasteiger partial charge < -0.3 is 19.9 Å². The average Bonchev–Trinajstić information content (AvgIpc) is 2.73. The molecule has 1 amide bonds. The van der Waals surface area contributed by atoms with E-state index in [1.807, 2.05) is 0 Å². The molecule has 0 bridgehead atoms. The zero-order chi connectivity index (χ0) is 21.1. The predicted octanol–water partition coefficient (Wildman–Crippen LogP) is 4.08. The molecule has 0 spiro atoms. The van der Waals surface area contributed by atoms with Crippen molar-refractivity contribution in [3.8, 4) is 11.5 Å². The molecule has 0 atom stereocenters. The van der Waals surface area contributed by atoms with Crippen molar-refractivity contribution in [1.82, 2.24) is 5.32 Å². The number of hydrogen-bond donors (Lipinski definition) is 2. The first kappa shape index (κ1) is 22.8. The van der Waals surface area contributed by atoms with Crippen molar-refractivity contribution < 1.29 is 19.4 Å². The number of hydrogen-bond acceptors (Lipinski definition) is 4. The van der Waals surface area contributed by atoms with Crippen LogP contribution in [0.2, 0.25) is 0 Å². The van der Waals surface area contributed by atoms with Gasteiger partial charge in [0.05, 0.1) is 13.7 Å². The number of nitrogens with one attached hydrogen (secondary N) is 1. The van der Waals surface area contributed by atoms with Crippen molar-refractivity contribution in [2.24, 2.45) is 0 Å². The van der Waals surface area contributed by atoms with Gasteiger partial charge >= 0.3 is 0 Å². The Balaban J connectivity index is 2.11. The van der Waals surface area contributed by atoms with Gasteiger partial charge in [-0.15, -0.1) is 0 Å². The summed E-state index contributed by atoms with van der Waals surface area (Å²) in [6.45, 7) is 5.22. The number of benzene rings is 2. The van der Waals surface area contributed by atoms with Crippen LogP contribution in [0.1, 0.15) is 53.2 Å². The van der Waals surface area contributed by atoms with E-state index in [9.17, 15) is 9.90 Å². The molecule has 0 unspecified atom stereocenters. The quantitative estimate of drug-likeness (QED) is 0.528. The minimum absolute atomic E-state index is 0.0673. The fourth-order valence-electron chi connectivity index (χ4n) is 3.19. The third kappa shape index (κ3) is 6.79. The molecule has 2 aromatic carbocycles. The van der Waals surface area contributed by atoms with Gasteiger partial charge in [-0.25, -0.2) is 0 Å². The lowest BCUT2D eigenvalue weighted by Gasteiger charge is -2.18. The molecule has 0 aromatic heterocycles. The Morgan fingerprint density at radius 3 is 2.48 bits per heavy atom. The highest BCUT2D eigenvalue weighted by atomic mass is 16.5. The molecule has 0 saturated carbocycles. The second kappa shape index (κ2) is 12.1. The number of carbonyl (C=O) groups excluding carboxylic acids is 1. The Kier molecular flexibility index (Phi) is 9.51. The number of ether oxygens (including phenoxy) is 2. The number of unbranched alkanes of at least 4 members (excludes halogenated alkanes) is 2. The summed E-state index contributed by atoms with van der Waals surface area (Å²) in [6, 6.07) is 11.8. The molecule has 0 saturated heterocycles. The fraction of sp³-hybridized carbons (Fsp3) is 0.458. The van der Waals surface area contributed by atoms with Gasteiger partial charge in [-0.1, -0.05) is 49.6 Å². The molecule has 0 heterocycles. The van der Waals surface area contributed by atoms with E-state index < -0.39 is 0 Å². The van der Waals surface area contributed by atoms with Crippen molar-refractivity contribution in [2.75, 3.05) is 26.9 Å². The number of methoxy groups -OCH3 is 1. The van der Waals surface area contributed by atoms with Crippen LogP contribution in [0.4, 0.5) is 0 Å². The summed E-state index contributed by atoms with van der Waals surface area (Å²) >= 11 is 0. The van der Waals surface area contributed by atoms with E-state index in [2.05, 4.69) is 43.4 Å². The van der Waals surface area contributed by atoms with Crippen LogP contribution in [0, 0.1) is 6.92 Å². The van der Waals surface area contributed by atoms with E-state index in [-0.39, 0.29) is 12.5 Å². The Morgan fingerprint density at radius 1 is 1.07 bits per heavy atom. The number of aliphatic hydroxyl groups is 1. The third-order valence-corrected chi connectivity index (χ3v) is 4.86. The Hall–Kier alpha value is -2.53. The number of rotatable bonds is 12. The molecule has 158 valence electrons. The minimum Gasteiger partial charge on any atom is -0.493 e. The third-order valence-electron chi connectivity index (χ3n) is 4.86. The molecule has 0 radical (unpaired) electrons. The van der Waals surface area contributed by atoms with Gasteiger partial charge in [-0.3, -0.25) is 4.79 Å². The summed E-state index contributed by atoms with van der Waals surface area (Å²) in [5.74, 6) is 0.978. The number of carbonyl (C=O) groups is 1. The SMILES string of the molecule is CCCCCOc1c(OC)ccc(C(=O)NCCc2ccc(C)cc2)c1CCO. The van der Waals surface area contributed by atoms with Crippen LogP contribution in [0.3, 0.4) is 0 Å². The van der Waals surface area contributed by atoms with Crippen LogP contribution in [-0.4, -0.2) is 37.9 Å². The van der Waals surface area contributed by atoms with Crippen LogP contribution in [0.15, 0.2) is 36.4 Å². The zero-order valence-electron chi connectivity index (χ0n) is 17.8. The Morgan fingerprint density at radius 2 is 1.83 bits per heavy atom. The van der Waals surface area contributed by atoms with Crippen LogP contribution < -0.4 is 14.8 Å². The van der Waals surface area contributed by atoms with Gasteiger partial charge in [-0.2, -0.15) is 0 Å². The summed E-state index contributed by atoms with van der Waals surface area (Å²) in [6.07, 6.45) is 4.22. The van der Waals surface area contributed by atoms with Gasteiger partial charge in [0.2, 0.25) is 0 Å². The van der Waals surface area contributed by atoms with E-state index in [1.54, 1.807) is 19.2 Å². The van der Waals surface area contributed by atoms with Gasteiger partial charge in [0.1, 0.15) is 0 Å². The van der Waals surface area contributed by atoms with Crippen molar-refractivity contribution in [2.45, 2.75) is 46.0 Å². The van der Waals surface area contributed by atoms with Crippen molar-refractivity contribution in [3.05, 3.63) is 58.7 Å². The predicted molar refractivity (Wildman–Crippen MR) is 116 cm³/mol. The maximum Gasteiger partial charge on any atom is 0.251 e. The first-order valence-corrected chi connectivity index (χ1v) is 10.4. The van der Waals surface area contributed by atoms with E-state index in [1.165, 1.54) is 11.1 Å². The largest absolute Gasteiger partial charge is 0.493 e. The molecule has 2 aromatic rings. The highest BCUT2D eigenvalue weighted by Crippen LogP contribution is 2.34. The monoisotopic (exact) mass is 399 g/mol. The lowest BCUT2D eigenvalue weighted by Crippen LogP contribution is -2.27. The molecule has 0 fully saturated rings. The Labute approximate surface area is 174 Å². The van der Waals surface area contributed by atoms with Crippen molar-refractivity contribution in [3.63, 3.8) is 0 Å². The normalized spacial score (nSPS) is 10.6. The maximum atomic E-state index is 12.8. The summed E-state index contributed by atoms with van der Waals surface area (Å²) in [7, 11) is 1.58. The van der Waals surface area contributed by atoms with Crippen molar-refractivity contribution >= 4 is 5.91 Å². The van der Waals surface area contributed by atoms with E-state index >= 15 is 0 Å². The highest BCUT2D eigenvalue weighted by molar-refractivity contribution is 5.96. The first-order valence-electron chi connectivity index (χ1n) is 10.4. The molecular formula is C24H33NO4. The van der Waals surface area contributed by atoms with Crippen LogP contribution in [0.25, 0.3) is 0 Å². The van der Waals surface area contributed by atoms with Gasteiger partial charge in [0.25, 0.3) is 5.91 Å². The summed E-state index contributed by atoms with van der Waals surface area (Å²) in [5, 5.41) is 12.5. The molecule has 5 nitrogen and oxygen atoms in total. The standard InChI is InChI=1S/C24H33NO4/c1-4-5-6-17-29-23-20(14-16-26)21(11-12-22(23)28-3)24(27)25-15-13-19-9-7-18(2)8-10-19/h7-12,26H,4-6,13-17H2,1-3H3,(H,25,27). The molecule has 5 heteroatoms. The molecule has 0 aliphatic heterocycles. The molecule has 0 aliphatic rings. The topological polar surface area (TPSA) is 67.8 Å². The molecule has 2 rings (SSSR count). The highest BCUT2D eigenvalue weighted by Gasteiger charge is 2.19. The smallest absolute Gasteiger partial charge is 0.251 e. The molecule has 0 aliphatic carbocycles. The second-order valence-electron chi connectivity index (χ2n) is 7.14. The number of aryl methyl sites for hydroxylation is 1. The molecule has 2 N–H and O–H groups in total. The van der Waals surface area contributed by atoms with Gasteiger partial charge in [-0.05, 0) is 37.5 Å². The Bertz CT molecular complexity index is 771. The van der Waals surface area contributed by atoms with Crippen LogP contribution >= 0.6 is 0 Å². The number of amides is 1. The number of aliphatic hydroxyl groups excluding tert-OH is 1. The average molecular weight is 400 g/mol. The van der Waals surface area contributed by atoms with Crippen LogP contribution in [0.5, 0.6) is 11.5 Å². The lowest BCUT2D eigenvalue weighted by atomic mass is 10.0. The molecular weight excluding hydrogens is 366 g/mol. The molecule has 29 heavy (non-hydrogen) atoms. The lowest BCUT2D eigenvalue weighted by molar-refractivity contribution is 0.0952. The summed E-state index contributed by atoms with van der Waals surface area (Å²) < 4.78 is 11.4. The van der Waals surface area contributed by atoms with E-state index in [0.29, 0.717) is 42.2 Å². The fourth-order valence-corrected chi connectivity index (χ4v) is 3.19. The van der Waals surface area contributed by atoms with Gasteiger partial charge in [0, 0.05) is 30.7 Å². The summed E-state index contributed by atoms with van der Waals surface area (Å²) in [4.78, 5) is 12.8. The van der Waals surface area contributed by atoms with E-state index in [0.717, 1.165) is 25.7 Å². The van der Waals surface area contributed by atoms with Crippen molar-refractivity contribution in [1.29, 1.82) is 0 Å². The van der Waals surface area contributed by atoms with Gasteiger partial charge in [0.15, 0.2) is 11.5 Å². The minimum atomic E-state index is -0.165. The van der Waals surface area contributed by atoms with Crippen LogP contribution in [-0.2, 0) is 12.8 Å². The first-order chi connectivity index (χ1) is 14.1.